The van der Waals surface area contributed by atoms with Crippen LogP contribution in [-0.2, 0) is 5.60 Å². The van der Waals surface area contributed by atoms with Gasteiger partial charge in [0.05, 0.1) is 17.9 Å². The Morgan fingerprint density at radius 2 is 1.95 bits per heavy atom. The molecule has 1 heterocycles. The molecule has 2 aromatic rings. The third-order valence-electron chi connectivity index (χ3n) is 3.33. The van der Waals surface area contributed by atoms with Crippen LogP contribution in [0.15, 0.2) is 41.3 Å². The number of aryl methyl sites for hydroxylation is 1. The molecule has 0 saturated heterocycles. The number of benzene rings is 1. The minimum atomic E-state index is -1.19. The molecule has 0 saturated carbocycles. The summed E-state index contributed by atoms with van der Waals surface area (Å²) >= 11 is 0. The minimum Gasteiger partial charge on any atom is -0.492 e. The molecule has 0 aliphatic heterocycles. The van der Waals surface area contributed by atoms with Crippen LogP contribution in [0.5, 0.6) is 5.75 Å². The minimum absolute atomic E-state index is 0.162. The van der Waals surface area contributed by atoms with E-state index in [1.54, 1.807) is 20.0 Å². The first-order valence-corrected chi connectivity index (χ1v) is 7.03. The van der Waals surface area contributed by atoms with Crippen molar-refractivity contribution in [2.75, 3.05) is 6.61 Å². The predicted molar refractivity (Wildman–Crippen MR) is 83.2 cm³/mol. The van der Waals surface area contributed by atoms with Gasteiger partial charge in [0.25, 0.3) is 0 Å². The standard InChI is InChI=1S/C17H21NO3/c1-5-21-16-9-7-6-8-14(16)18-11-13(17(3,4)20)15(19)10-12(18)2/h6-11,20H,5H2,1-4H3. The highest BCUT2D eigenvalue weighted by atomic mass is 16.5. The van der Waals surface area contributed by atoms with E-state index >= 15 is 0 Å². The smallest absolute Gasteiger partial charge is 0.187 e. The van der Waals surface area contributed by atoms with E-state index in [0.717, 1.165) is 17.1 Å². The normalized spacial score (nSPS) is 11.5. The largest absolute Gasteiger partial charge is 0.492 e. The summed E-state index contributed by atoms with van der Waals surface area (Å²) in [5.41, 5.74) is 0.652. The Labute approximate surface area is 124 Å². The Bertz CT molecular complexity index is 696. The topological polar surface area (TPSA) is 51.5 Å². The van der Waals surface area contributed by atoms with E-state index in [9.17, 15) is 9.90 Å². The van der Waals surface area contributed by atoms with Crippen molar-refractivity contribution < 1.29 is 9.84 Å². The third kappa shape index (κ3) is 3.16. The van der Waals surface area contributed by atoms with Crippen LogP contribution in [0.1, 0.15) is 32.0 Å². The number of ether oxygens (including phenoxy) is 1. The SMILES string of the molecule is CCOc1ccccc1-n1cc(C(C)(C)O)c(=O)cc1C. The molecular formula is C17H21NO3. The van der Waals surface area contributed by atoms with Gasteiger partial charge in [-0.1, -0.05) is 12.1 Å². The molecule has 0 bridgehead atoms. The second kappa shape index (κ2) is 5.74. The van der Waals surface area contributed by atoms with Crippen molar-refractivity contribution >= 4 is 0 Å². The first-order valence-electron chi connectivity index (χ1n) is 7.03. The van der Waals surface area contributed by atoms with Crippen molar-refractivity contribution in [3.05, 3.63) is 58.0 Å². The Balaban J connectivity index is 2.67. The number of aliphatic hydroxyl groups is 1. The van der Waals surface area contributed by atoms with Gasteiger partial charge in [0.15, 0.2) is 5.43 Å². The zero-order valence-corrected chi connectivity index (χ0v) is 12.9. The highest BCUT2D eigenvalue weighted by molar-refractivity contribution is 5.48. The van der Waals surface area contributed by atoms with E-state index in [0.29, 0.717) is 12.2 Å². The van der Waals surface area contributed by atoms with Gasteiger partial charge < -0.3 is 14.4 Å². The molecule has 0 aliphatic rings. The lowest BCUT2D eigenvalue weighted by Gasteiger charge is -2.21. The molecule has 4 heteroatoms. The molecule has 21 heavy (non-hydrogen) atoms. The average Bonchev–Trinajstić information content (AvgIpc) is 2.39. The van der Waals surface area contributed by atoms with Gasteiger partial charge >= 0.3 is 0 Å². The van der Waals surface area contributed by atoms with E-state index < -0.39 is 5.60 Å². The van der Waals surface area contributed by atoms with Crippen molar-refractivity contribution in [1.82, 2.24) is 4.57 Å². The summed E-state index contributed by atoms with van der Waals surface area (Å²) < 4.78 is 7.52. The molecular weight excluding hydrogens is 266 g/mol. The van der Waals surface area contributed by atoms with Crippen molar-refractivity contribution in [3.63, 3.8) is 0 Å². The molecule has 0 aliphatic carbocycles. The first kappa shape index (κ1) is 15.3. The lowest BCUT2D eigenvalue weighted by molar-refractivity contribution is 0.0769. The number of hydrogen-bond acceptors (Lipinski definition) is 3. The van der Waals surface area contributed by atoms with E-state index in [4.69, 9.17) is 4.74 Å². The molecule has 0 amide bonds. The molecule has 4 nitrogen and oxygen atoms in total. The molecule has 1 aromatic carbocycles. The quantitative estimate of drug-likeness (QED) is 0.940. The summed E-state index contributed by atoms with van der Waals surface area (Å²) in [5, 5.41) is 10.2. The van der Waals surface area contributed by atoms with Crippen LogP contribution in [-0.4, -0.2) is 16.3 Å². The van der Waals surface area contributed by atoms with Gasteiger partial charge in [-0.3, -0.25) is 4.79 Å². The molecule has 1 N–H and O–H groups in total. The molecule has 0 spiro atoms. The first-order chi connectivity index (χ1) is 9.84. The molecule has 112 valence electrons. The van der Waals surface area contributed by atoms with Crippen LogP contribution < -0.4 is 10.2 Å². The second-order valence-electron chi connectivity index (χ2n) is 5.52. The molecule has 0 atom stereocenters. The maximum absolute atomic E-state index is 12.1. The van der Waals surface area contributed by atoms with Gasteiger partial charge in [-0.15, -0.1) is 0 Å². The second-order valence-corrected chi connectivity index (χ2v) is 5.52. The van der Waals surface area contributed by atoms with Crippen LogP contribution >= 0.6 is 0 Å². The Hall–Kier alpha value is -2.07. The molecule has 2 rings (SSSR count). The maximum Gasteiger partial charge on any atom is 0.187 e. The van der Waals surface area contributed by atoms with E-state index in [2.05, 4.69) is 0 Å². The number of para-hydroxylation sites is 2. The van der Waals surface area contributed by atoms with Crippen molar-refractivity contribution in [2.24, 2.45) is 0 Å². The maximum atomic E-state index is 12.1. The summed E-state index contributed by atoms with van der Waals surface area (Å²) in [6.07, 6.45) is 1.69. The summed E-state index contributed by atoms with van der Waals surface area (Å²) in [5.74, 6) is 0.744. The van der Waals surface area contributed by atoms with Gasteiger partial charge in [-0.05, 0) is 39.8 Å². The fraction of sp³-hybridized carbons (Fsp3) is 0.353. The number of nitrogens with zero attached hydrogens (tertiary/aromatic N) is 1. The fourth-order valence-electron chi connectivity index (χ4n) is 2.28. The number of pyridine rings is 1. The van der Waals surface area contributed by atoms with Gasteiger partial charge in [-0.2, -0.15) is 0 Å². The van der Waals surface area contributed by atoms with Crippen molar-refractivity contribution in [2.45, 2.75) is 33.3 Å². The monoisotopic (exact) mass is 287 g/mol. The lowest BCUT2D eigenvalue weighted by atomic mass is 9.99. The van der Waals surface area contributed by atoms with Crippen LogP contribution in [0, 0.1) is 6.92 Å². The highest BCUT2D eigenvalue weighted by Crippen LogP contribution is 2.25. The highest BCUT2D eigenvalue weighted by Gasteiger charge is 2.21. The van der Waals surface area contributed by atoms with Crippen molar-refractivity contribution in [1.29, 1.82) is 0 Å². The fourth-order valence-corrected chi connectivity index (χ4v) is 2.28. The zero-order chi connectivity index (χ0) is 15.6. The number of hydrogen-bond donors (Lipinski definition) is 1. The molecule has 0 radical (unpaired) electrons. The molecule has 0 fully saturated rings. The number of rotatable bonds is 4. The van der Waals surface area contributed by atoms with E-state index in [-0.39, 0.29) is 5.43 Å². The molecule has 0 unspecified atom stereocenters. The van der Waals surface area contributed by atoms with Crippen LogP contribution in [0.2, 0.25) is 0 Å². The predicted octanol–water partition coefficient (Wildman–Crippen LogP) is 2.77. The van der Waals surface area contributed by atoms with Crippen LogP contribution in [0.4, 0.5) is 0 Å². The Morgan fingerprint density at radius 3 is 2.57 bits per heavy atom. The Kier molecular flexibility index (Phi) is 4.19. The zero-order valence-electron chi connectivity index (χ0n) is 12.9. The van der Waals surface area contributed by atoms with Gasteiger partial charge in [0, 0.05) is 23.5 Å². The summed E-state index contributed by atoms with van der Waals surface area (Å²) in [7, 11) is 0. The van der Waals surface area contributed by atoms with Crippen molar-refractivity contribution in [3.8, 4) is 11.4 Å². The van der Waals surface area contributed by atoms with Gasteiger partial charge in [0.2, 0.25) is 0 Å². The van der Waals surface area contributed by atoms with E-state index in [1.165, 1.54) is 6.07 Å². The Morgan fingerprint density at radius 1 is 1.29 bits per heavy atom. The molecule has 1 aromatic heterocycles. The van der Waals surface area contributed by atoms with Gasteiger partial charge in [-0.25, -0.2) is 0 Å². The summed E-state index contributed by atoms with van der Waals surface area (Å²) in [4.78, 5) is 12.1. The number of aromatic nitrogens is 1. The van der Waals surface area contributed by atoms with Crippen LogP contribution in [0.3, 0.4) is 0 Å². The van der Waals surface area contributed by atoms with E-state index in [1.807, 2.05) is 42.7 Å². The van der Waals surface area contributed by atoms with Crippen LogP contribution in [0.25, 0.3) is 5.69 Å². The average molecular weight is 287 g/mol. The summed E-state index contributed by atoms with van der Waals surface area (Å²) in [6.45, 7) is 7.57. The van der Waals surface area contributed by atoms with Gasteiger partial charge in [0.1, 0.15) is 5.75 Å². The lowest BCUT2D eigenvalue weighted by Crippen LogP contribution is -2.27. The summed E-state index contributed by atoms with van der Waals surface area (Å²) in [6, 6.07) is 9.18. The third-order valence-corrected chi connectivity index (χ3v) is 3.33.